The maximum absolute atomic E-state index is 14.5. The average Bonchev–Trinajstić information content (AvgIpc) is 2.61. The lowest BCUT2D eigenvalue weighted by atomic mass is 9.91. The van der Waals surface area contributed by atoms with Gasteiger partial charge in [-0.2, -0.15) is 0 Å². The number of allylic oxidation sites excluding steroid dienone is 2. The van der Waals surface area contributed by atoms with Crippen molar-refractivity contribution in [2.24, 2.45) is 5.92 Å². The van der Waals surface area contributed by atoms with Crippen molar-refractivity contribution in [2.75, 3.05) is 0 Å². The van der Waals surface area contributed by atoms with Gasteiger partial charge in [0.2, 0.25) is 5.91 Å². The Morgan fingerprint density at radius 2 is 1.80 bits per heavy atom. The van der Waals surface area contributed by atoms with Gasteiger partial charge in [-0.25, -0.2) is 4.39 Å². The standard InChI is InChI=1S/C21H29FNOP/c1-3-9-15(10-4-2)21(24)23-20(16-11-5-7-13-18(16)22)17-12-6-8-14-19(17)25/h5,7,11-15,20H,3-4,6,8-10,25H2,1-2H3,(H,23,24). The zero-order valence-corrected chi connectivity index (χ0v) is 16.4. The van der Waals surface area contributed by atoms with Gasteiger partial charge in [-0.15, -0.1) is 9.24 Å². The van der Waals surface area contributed by atoms with Crippen LogP contribution in [-0.2, 0) is 4.79 Å². The fraction of sp³-hybridized carbons (Fsp3) is 0.476. The maximum atomic E-state index is 14.5. The average molecular weight is 361 g/mol. The SMILES string of the molecule is CCCC(CCC)C(=O)NC(C1=CCCC=C1P)c1ccccc1F. The predicted octanol–water partition coefficient (Wildman–Crippen LogP) is 5.68. The minimum Gasteiger partial charge on any atom is -0.345 e. The number of amides is 1. The largest absolute Gasteiger partial charge is 0.345 e. The van der Waals surface area contributed by atoms with E-state index in [9.17, 15) is 9.18 Å². The summed E-state index contributed by atoms with van der Waals surface area (Å²) in [5.74, 6) is -0.258. The molecule has 0 saturated carbocycles. The van der Waals surface area contributed by atoms with Gasteiger partial charge in [-0.05, 0) is 42.6 Å². The Labute approximate surface area is 153 Å². The van der Waals surface area contributed by atoms with Crippen LogP contribution in [0.15, 0.2) is 47.3 Å². The van der Waals surface area contributed by atoms with Crippen LogP contribution < -0.4 is 5.32 Å². The van der Waals surface area contributed by atoms with E-state index in [1.807, 2.05) is 6.07 Å². The summed E-state index contributed by atoms with van der Waals surface area (Å²) in [6.45, 7) is 4.19. The van der Waals surface area contributed by atoms with Gasteiger partial charge in [0.25, 0.3) is 0 Å². The molecule has 1 aliphatic rings. The van der Waals surface area contributed by atoms with Crippen LogP contribution in [0.4, 0.5) is 4.39 Å². The number of rotatable bonds is 8. The molecule has 4 heteroatoms. The van der Waals surface area contributed by atoms with Crippen LogP contribution in [0.3, 0.4) is 0 Å². The van der Waals surface area contributed by atoms with Gasteiger partial charge in [-0.1, -0.05) is 57.0 Å². The molecule has 0 aliphatic heterocycles. The van der Waals surface area contributed by atoms with Crippen molar-refractivity contribution in [3.05, 3.63) is 58.7 Å². The fourth-order valence-corrected chi connectivity index (χ4v) is 3.84. The molecular weight excluding hydrogens is 332 g/mol. The number of hydrogen-bond acceptors (Lipinski definition) is 1. The van der Waals surface area contributed by atoms with Crippen molar-refractivity contribution in [1.29, 1.82) is 0 Å². The van der Waals surface area contributed by atoms with Gasteiger partial charge < -0.3 is 5.32 Å². The molecule has 1 aromatic carbocycles. The highest BCUT2D eigenvalue weighted by molar-refractivity contribution is 7.23. The first kappa shape index (κ1) is 19.8. The molecule has 2 nitrogen and oxygen atoms in total. The lowest BCUT2D eigenvalue weighted by Gasteiger charge is -2.27. The number of benzene rings is 1. The van der Waals surface area contributed by atoms with E-state index in [0.29, 0.717) is 5.56 Å². The lowest BCUT2D eigenvalue weighted by Crippen LogP contribution is -2.35. The van der Waals surface area contributed by atoms with Gasteiger partial charge in [0, 0.05) is 11.5 Å². The van der Waals surface area contributed by atoms with Crippen molar-refractivity contribution in [3.63, 3.8) is 0 Å². The molecule has 0 saturated heterocycles. The van der Waals surface area contributed by atoms with E-state index in [0.717, 1.165) is 49.4 Å². The first-order chi connectivity index (χ1) is 12.1. The van der Waals surface area contributed by atoms with E-state index in [-0.39, 0.29) is 17.6 Å². The second kappa shape index (κ2) is 9.87. The summed E-state index contributed by atoms with van der Waals surface area (Å²) in [7, 11) is 2.73. The first-order valence-electron chi connectivity index (χ1n) is 9.29. The van der Waals surface area contributed by atoms with E-state index in [1.54, 1.807) is 12.1 Å². The zero-order valence-electron chi connectivity index (χ0n) is 15.2. The first-order valence-corrected chi connectivity index (χ1v) is 9.87. The van der Waals surface area contributed by atoms with E-state index < -0.39 is 6.04 Å². The summed E-state index contributed by atoms with van der Waals surface area (Å²) in [5, 5.41) is 4.19. The second-order valence-corrected chi connectivity index (χ2v) is 7.26. The molecular formula is C21H29FNOP. The Morgan fingerprint density at radius 1 is 1.16 bits per heavy atom. The van der Waals surface area contributed by atoms with Crippen LogP contribution >= 0.6 is 9.24 Å². The molecule has 1 N–H and O–H groups in total. The van der Waals surface area contributed by atoms with Crippen LogP contribution in [0, 0.1) is 11.7 Å². The monoisotopic (exact) mass is 361 g/mol. The Hall–Kier alpha value is -1.47. The molecule has 1 aromatic rings. The molecule has 136 valence electrons. The fourth-order valence-electron chi connectivity index (χ4n) is 3.39. The van der Waals surface area contributed by atoms with Crippen LogP contribution in [0.2, 0.25) is 0 Å². The summed E-state index contributed by atoms with van der Waals surface area (Å²) >= 11 is 0. The Morgan fingerprint density at radius 3 is 2.40 bits per heavy atom. The van der Waals surface area contributed by atoms with Crippen molar-refractivity contribution in [2.45, 2.75) is 58.4 Å². The maximum Gasteiger partial charge on any atom is 0.223 e. The summed E-state index contributed by atoms with van der Waals surface area (Å²) in [6.07, 6.45) is 9.83. The minimum absolute atomic E-state index is 0.00889. The third-order valence-corrected chi connectivity index (χ3v) is 5.26. The van der Waals surface area contributed by atoms with Gasteiger partial charge >= 0.3 is 0 Å². The Kier molecular flexibility index (Phi) is 7.84. The Balaban J connectivity index is 2.32. The Bertz CT molecular complexity index is 647. The van der Waals surface area contributed by atoms with Crippen molar-refractivity contribution in [3.8, 4) is 0 Å². The van der Waals surface area contributed by atoms with E-state index >= 15 is 0 Å². The van der Waals surface area contributed by atoms with Gasteiger partial charge in [-0.3, -0.25) is 4.79 Å². The molecule has 0 radical (unpaired) electrons. The van der Waals surface area contributed by atoms with E-state index in [2.05, 4.69) is 40.6 Å². The summed E-state index contributed by atoms with van der Waals surface area (Å²) in [6, 6.07) is 6.29. The van der Waals surface area contributed by atoms with Crippen LogP contribution in [0.5, 0.6) is 0 Å². The molecule has 1 amide bonds. The highest BCUT2D eigenvalue weighted by Gasteiger charge is 2.26. The molecule has 0 fully saturated rings. The molecule has 2 unspecified atom stereocenters. The highest BCUT2D eigenvalue weighted by Crippen LogP contribution is 2.35. The lowest BCUT2D eigenvalue weighted by molar-refractivity contribution is -0.126. The predicted molar refractivity (Wildman–Crippen MR) is 106 cm³/mol. The summed E-state index contributed by atoms with van der Waals surface area (Å²) < 4.78 is 14.5. The molecule has 25 heavy (non-hydrogen) atoms. The third kappa shape index (κ3) is 5.25. The van der Waals surface area contributed by atoms with Crippen LogP contribution in [0.25, 0.3) is 0 Å². The van der Waals surface area contributed by atoms with Gasteiger partial charge in [0.1, 0.15) is 5.82 Å². The molecule has 0 heterocycles. The van der Waals surface area contributed by atoms with E-state index in [4.69, 9.17) is 0 Å². The number of carbonyl (C=O) groups is 1. The number of halogens is 1. The van der Waals surface area contributed by atoms with Gasteiger partial charge in [0.05, 0.1) is 6.04 Å². The number of hydrogen-bond donors (Lipinski definition) is 1. The summed E-state index contributed by atoms with van der Waals surface area (Å²) in [4.78, 5) is 12.9. The van der Waals surface area contributed by atoms with Crippen molar-refractivity contribution < 1.29 is 9.18 Å². The molecule has 1 aliphatic carbocycles. The molecule has 2 rings (SSSR count). The highest BCUT2D eigenvalue weighted by atomic mass is 31.0. The van der Waals surface area contributed by atoms with Crippen molar-refractivity contribution >= 4 is 15.1 Å². The number of carbonyl (C=O) groups excluding carboxylic acids is 1. The van der Waals surface area contributed by atoms with Crippen LogP contribution in [-0.4, -0.2) is 5.91 Å². The van der Waals surface area contributed by atoms with Crippen LogP contribution in [0.1, 0.15) is 64.0 Å². The second-order valence-electron chi connectivity index (χ2n) is 6.63. The zero-order chi connectivity index (χ0) is 18.2. The molecule has 0 bridgehead atoms. The third-order valence-electron chi connectivity index (χ3n) is 4.69. The molecule has 2 atom stereocenters. The van der Waals surface area contributed by atoms with E-state index in [1.165, 1.54) is 6.07 Å². The topological polar surface area (TPSA) is 29.1 Å². The minimum atomic E-state index is -0.436. The molecule has 0 spiro atoms. The molecule has 0 aromatic heterocycles. The van der Waals surface area contributed by atoms with Crippen molar-refractivity contribution in [1.82, 2.24) is 5.32 Å². The normalized spacial score (nSPS) is 15.6. The van der Waals surface area contributed by atoms with Gasteiger partial charge in [0.15, 0.2) is 0 Å². The summed E-state index contributed by atoms with van der Waals surface area (Å²) in [5.41, 5.74) is 1.52. The number of nitrogens with one attached hydrogen (secondary N) is 1. The smallest absolute Gasteiger partial charge is 0.223 e. The quantitative estimate of drug-likeness (QED) is 0.593.